The van der Waals surface area contributed by atoms with E-state index in [1.807, 2.05) is 12.3 Å². The summed E-state index contributed by atoms with van der Waals surface area (Å²) in [4.78, 5) is 28.4. The zero-order valence-corrected chi connectivity index (χ0v) is 23.2. The number of halogens is 3. The Kier molecular flexibility index (Phi) is 14.1. The zero-order valence-electron chi connectivity index (χ0n) is 22.4. The molecule has 218 valence electrons. The summed E-state index contributed by atoms with van der Waals surface area (Å²) in [5.74, 6) is -4.19. The summed E-state index contributed by atoms with van der Waals surface area (Å²) < 4.78 is 45.1. The number of unbranched alkanes of at least 4 members (excludes halogenated alkanes) is 1. The molecule has 0 aliphatic carbocycles. The second kappa shape index (κ2) is 17.2. The fraction of sp³-hybridized carbons (Fsp3) is 0.393. The topological polar surface area (TPSA) is 103 Å². The van der Waals surface area contributed by atoms with Crippen molar-refractivity contribution in [3.63, 3.8) is 0 Å². The van der Waals surface area contributed by atoms with Crippen molar-refractivity contribution in [1.82, 2.24) is 9.80 Å². The van der Waals surface area contributed by atoms with Crippen LogP contribution < -0.4 is 4.74 Å². The monoisotopic (exact) mass is 581 g/mol. The summed E-state index contributed by atoms with van der Waals surface area (Å²) in [6, 6.07) is 10.4. The van der Waals surface area contributed by atoms with Crippen molar-refractivity contribution in [3.8, 4) is 5.75 Å². The van der Waals surface area contributed by atoms with Crippen LogP contribution in [-0.4, -0.2) is 82.7 Å². The molecule has 40 heavy (non-hydrogen) atoms. The van der Waals surface area contributed by atoms with Crippen LogP contribution >= 0.6 is 11.8 Å². The van der Waals surface area contributed by atoms with Crippen LogP contribution in [0.5, 0.6) is 5.75 Å². The normalized spacial score (nSPS) is 14.5. The first-order valence-corrected chi connectivity index (χ1v) is 13.9. The van der Waals surface area contributed by atoms with Crippen LogP contribution in [-0.2, 0) is 9.59 Å². The summed E-state index contributed by atoms with van der Waals surface area (Å²) in [6.07, 6.45) is 7.04. The standard InChI is InChI=1S/C24H30F3N3OS.C4H4O4/c1-29(24(32-2)28-19-7-5-6-18(25)16-19)20-10-13-30(14-11-20)12-3-4-15-31-21-8-9-22(26)23(27)17-21;5-3(6)1-2-4(7)8/h5-9,16-17,20H,3-4,10-15H2,1-2H3;1-2H,(H,5,6)(H,7,8). The Bertz CT molecular complexity index is 1160. The van der Waals surface area contributed by atoms with E-state index in [0.29, 0.717) is 36.2 Å². The molecule has 12 heteroatoms. The van der Waals surface area contributed by atoms with Crippen molar-refractivity contribution in [2.45, 2.75) is 31.7 Å². The molecule has 1 aliphatic rings. The number of likely N-dealkylation sites (tertiary alicyclic amines) is 1. The molecule has 8 nitrogen and oxygen atoms in total. The average molecular weight is 582 g/mol. The van der Waals surface area contributed by atoms with Crippen molar-refractivity contribution in [1.29, 1.82) is 0 Å². The maximum Gasteiger partial charge on any atom is 0.328 e. The first-order valence-electron chi connectivity index (χ1n) is 12.6. The van der Waals surface area contributed by atoms with Gasteiger partial charge < -0.3 is 24.7 Å². The highest BCUT2D eigenvalue weighted by atomic mass is 32.2. The van der Waals surface area contributed by atoms with Gasteiger partial charge in [-0.05, 0) is 68.8 Å². The van der Waals surface area contributed by atoms with Crippen LogP contribution in [0.1, 0.15) is 25.7 Å². The van der Waals surface area contributed by atoms with Crippen molar-refractivity contribution in [2.24, 2.45) is 4.99 Å². The predicted molar refractivity (Wildman–Crippen MR) is 150 cm³/mol. The van der Waals surface area contributed by atoms with Crippen molar-refractivity contribution >= 4 is 34.6 Å². The van der Waals surface area contributed by atoms with Gasteiger partial charge in [-0.3, -0.25) is 0 Å². The van der Waals surface area contributed by atoms with Gasteiger partial charge in [0.2, 0.25) is 0 Å². The average Bonchev–Trinajstić information content (AvgIpc) is 2.92. The third-order valence-electron chi connectivity index (χ3n) is 6.02. The van der Waals surface area contributed by atoms with Crippen LogP contribution in [0.15, 0.2) is 59.6 Å². The number of aliphatic imine (C=N–C) groups is 1. The van der Waals surface area contributed by atoms with Gasteiger partial charge in [0, 0.05) is 44.4 Å². The molecule has 0 aromatic heterocycles. The summed E-state index contributed by atoms with van der Waals surface area (Å²) in [5, 5.41) is 16.5. The molecule has 0 amide bonds. The Morgan fingerprint density at radius 3 is 2.30 bits per heavy atom. The van der Waals surface area contributed by atoms with E-state index in [4.69, 9.17) is 14.9 Å². The van der Waals surface area contributed by atoms with Gasteiger partial charge in [-0.2, -0.15) is 0 Å². The van der Waals surface area contributed by atoms with E-state index in [0.717, 1.165) is 62.6 Å². The van der Waals surface area contributed by atoms with Gasteiger partial charge in [0.1, 0.15) is 11.6 Å². The smallest absolute Gasteiger partial charge is 0.328 e. The number of benzene rings is 2. The van der Waals surface area contributed by atoms with Gasteiger partial charge in [-0.25, -0.2) is 27.8 Å². The van der Waals surface area contributed by atoms with E-state index in [1.54, 1.807) is 17.8 Å². The molecule has 1 fully saturated rings. The fourth-order valence-electron chi connectivity index (χ4n) is 3.95. The molecule has 1 aliphatic heterocycles. The minimum atomic E-state index is -1.26. The van der Waals surface area contributed by atoms with Crippen molar-refractivity contribution < 1.29 is 37.7 Å². The molecular formula is C28H34F3N3O5S. The largest absolute Gasteiger partial charge is 0.493 e. The highest BCUT2D eigenvalue weighted by Gasteiger charge is 2.24. The van der Waals surface area contributed by atoms with Crippen LogP contribution in [0, 0.1) is 17.5 Å². The zero-order chi connectivity index (χ0) is 29.5. The molecular weight excluding hydrogens is 547 g/mol. The number of hydrogen-bond acceptors (Lipinski definition) is 6. The predicted octanol–water partition coefficient (Wildman–Crippen LogP) is 5.42. The van der Waals surface area contributed by atoms with E-state index < -0.39 is 23.6 Å². The molecule has 0 bridgehead atoms. The maximum absolute atomic E-state index is 13.5. The molecule has 0 atom stereocenters. The number of amidine groups is 1. The Balaban J connectivity index is 0.000000611. The third kappa shape index (κ3) is 12.1. The molecule has 2 aromatic rings. The quantitative estimate of drug-likeness (QED) is 0.166. The first kappa shape index (κ1) is 32.7. The lowest BCUT2D eigenvalue weighted by molar-refractivity contribution is -0.134. The number of carboxylic acid groups (broad SMARTS) is 2. The maximum atomic E-state index is 13.5. The number of rotatable bonds is 10. The van der Waals surface area contributed by atoms with E-state index in [1.165, 1.54) is 18.2 Å². The van der Waals surface area contributed by atoms with Crippen molar-refractivity contribution in [3.05, 3.63) is 72.1 Å². The van der Waals surface area contributed by atoms with Gasteiger partial charge in [-0.1, -0.05) is 17.8 Å². The Hall–Kier alpha value is -3.51. The van der Waals surface area contributed by atoms with Gasteiger partial charge in [0.15, 0.2) is 16.8 Å². The molecule has 0 saturated carbocycles. The molecule has 0 unspecified atom stereocenters. The lowest BCUT2D eigenvalue weighted by Gasteiger charge is -2.37. The van der Waals surface area contributed by atoms with Crippen LogP contribution in [0.25, 0.3) is 0 Å². The van der Waals surface area contributed by atoms with E-state index in [2.05, 4.69) is 21.8 Å². The van der Waals surface area contributed by atoms with Crippen LogP contribution in [0.2, 0.25) is 0 Å². The Morgan fingerprint density at radius 1 is 1.05 bits per heavy atom. The van der Waals surface area contributed by atoms with E-state index in [-0.39, 0.29) is 5.82 Å². The summed E-state index contributed by atoms with van der Waals surface area (Å²) in [5.41, 5.74) is 0.629. The minimum Gasteiger partial charge on any atom is -0.493 e. The number of thioether (sulfide) groups is 1. The second-order valence-corrected chi connectivity index (χ2v) is 9.68. The molecule has 1 saturated heterocycles. The molecule has 2 aromatic carbocycles. The van der Waals surface area contributed by atoms with Crippen LogP contribution in [0.4, 0.5) is 18.9 Å². The van der Waals surface area contributed by atoms with E-state index in [9.17, 15) is 22.8 Å². The summed E-state index contributed by atoms with van der Waals surface area (Å²) in [6.45, 7) is 3.50. The molecule has 3 rings (SSSR count). The molecule has 0 spiro atoms. The second-order valence-electron chi connectivity index (χ2n) is 8.90. The fourth-order valence-corrected chi connectivity index (χ4v) is 4.58. The number of aliphatic carboxylic acids is 2. The van der Waals surface area contributed by atoms with Gasteiger partial charge in [-0.15, -0.1) is 0 Å². The van der Waals surface area contributed by atoms with Crippen molar-refractivity contribution in [2.75, 3.05) is 39.5 Å². The number of carbonyl (C=O) groups is 2. The number of ether oxygens (including phenoxy) is 1. The minimum absolute atomic E-state index is 0.280. The molecule has 2 N–H and O–H groups in total. The molecule has 0 radical (unpaired) electrons. The van der Waals surface area contributed by atoms with E-state index >= 15 is 0 Å². The Morgan fingerprint density at radius 2 is 1.73 bits per heavy atom. The van der Waals surface area contributed by atoms with Gasteiger partial charge in [0.05, 0.1) is 12.3 Å². The summed E-state index contributed by atoms with van der Waals surface area (Å²) in [7, 11) is 2.06. The van der Waals surface area contributed by atoms with Gasteiger partial charge >= 0.3 is 11.9 Å². The highest BCUT2D eigenvalue weighted by Crippen LogP contribution is 2.22. The number of piperidine rings is 1. The lowest BCUT2D eigenvalue weighted by Crippen LogP contribution is -2.45. The van der Waals surface area contributed by atoms with Gasteiger partial charge in [0.25, 0.3) is 0 Å². The molecule has 1 heterocycles. The number of hydrogen-bond donors (Lipinski definition) is 2. The highest BCUT2D eigenvalue weighted by molar-refractivity contribution is 8.13. The SMILES string of the molecule is CSC(=Nc1cccc(F)c1)N(C)C1CCN(CCCCOc2ccc(F)c(F)c2)CC1.O=C(O)C=CC(=O)O. The third-order valence-corrected chi connectivity index (χ3v) is 6.76. The number of carboxylic acids is 2. The lowest BCUT2D eigenvalue weighted by atomic mass is 10.0. The van der Waals surface area contributed by atoms with Crippen LogP contribution in [0.3, 0.4) is 0 Å². The summed E-state index contributed by atoms with van der Waals surface area (Å²) >= 11 is 1.57. The first-order chi connectivity index (χ1) is 19.1. The Labute approximate surface area is 236 Å². The number of nitrogens with zero attached hydrogens (tertiary/aromatic N) is 3.